The van der Waals surface area contributed by atoms with Crippen molar-refractivity contribution in [3.8, 4) is 0 Å². The third-order valence-corrected chi connectivity index (χ3v) is 5.45. The Labute approximate surface area is 184 Å². The molecule has 9 heteroatoms. The first-order chi connectivity index (χ1) is 15.0. The lowest BCUT2D eigenvalue weighted by Gasteiger charge is -2.15. The van der Waals surface area contributed by atoms with Crippen LogP contribution in [-0.4, -0.2) is 35.7 Å². The van der Waals surface area contributed by atoms with Gasteiger partial charge in [0.2, 0.25) is 0 Å². The highest BCUT2D eigenvalue weighted by Gasteiger charge is 2.15. The van der Waals surface area contributed by atoms with Gasteiger partial charge < -0.3 is 9.73 Å². The van der Waals surface area contributed by atoms with E-state index in [2.05, 4.69) is 34.9 Å². The van der Waals surface area contributed by atoms with Crippen molar-refractivity contribution < 1.29 is 18.8 Å². The van der Waals surface area contributed by atoms with E-state index in [-0.39, 0.29) is 17.2 Å². The van der Waals surface area contributed by atoms with Crippen molar-refractivity contribution in [2.24, 2.45) is 0 Å². The van der Waals surface area contributed by atoms with E-state index in [1.807, 2.05) is 5.38 Å². The molecule has 0 radical (unpaired) electrons. The van der Waals surface area contributed by atoms with Crippen molar-refractivity contribution >= 4 is 34.7 Å². The maximum Gasteiger partial charge on any atom is 0.305 e. The average molecular weight is 441 g/mol. The molecule has 31 heavy (non-hydrogen) atoms. The van der Waals surface area contributed by atoms with Crippen LogP contribution < -0.4 is 16.2 Å². The highest BCUT2D eigenvalue weighted by atomic mass is 32.1. The standard InChI is InChI=1S/C22H24N4O4S/c1-3-26(4-2)14-17-10-11-18(30-17)21(28)25-24-20(27)15-7-5-8-16(13-15)23-22(29)19-9-6-12-31-19/h5-13H,3-4,14H2,1-2H3,(H,23,29)(H,24,27)(H,25,28). The number of anilines is 1. The summed E-state index contributed by atoms with van der Waals surface area (Å²) in [6.07, 6.45) is 0. The van der Waals surface area contributed by atoms with Crippen molar-refractivity contribution in [2.45, 2.75) is 20.4 Å². The minimum absolute atomic E-state index is 0.111. The lowest BCUT2D eigenvalue weighted by atomic mass is 10.2. The lowest BCUT2D eigenvalue weighted by Crippen LogP contribution is -2.41. The molecule has 0 aliphatic heterocycles. The number of rotatable bonds is 8. The van der Waals surface area contributed by atoms with E-state index in [1.54, 1.807) is 42.5 Å². The fourth-order valence-electron chi connectivity index (χ4n) is 2.84. The summed E-state index contributed by atoms with van der Waals surface area (Å²) < 4.78 is 5.56. The number of hydrogen-bond donors (Lipinski definition) is 3. The van der Waals surface area contributed by atoms with Crippen LogP contribution in [0.5, 0.6) is 0 Å². The first-order valence-corrected chi connectivity index (χ1v) is 10.7. The second-order valence-electron chi connectivity index (χ2n) is 6.65. The molecule has 3 amide bonds. The molecule has 162 valence electrons. The van der Waals surface area contributed by atoms with Gasteiger partial charge in [0.15, 0.2) is 5.76 Å². The molecule has 0 unspecified atom stereocenters. The number of nitrogens with zero attached hydrogens (tertiary/aromatic N) is 1. The Hall–Kier alpha value is -3.43. The fourth-order valence-corrected chi connectivity index (χ4v) is 3.46. The van der Waals surface area contributed by atoms with E-state index in [4.69, 9.17) is 4.42 Å². The first kappa shape index (κ1) is 22.3. The Kier molecular flexibility index (Phi) is 7.58. The molecule has 0 aliphatic rings. The largest absolute Gasteiger partial charge is 0.454 e. The molecule has 0 bridgehead atoms. The van der Waals surface area contributed by atoms with Crippen LogP contribution in [-0.2, 0) is 6.54 Å². The summed E-state index contributed by atoms with van der Waals surface area (Å²) in [5.74, 6) is -0.537. The molecule has 0 saturated carbocycles. The van der Waals surface area contributed by atoms with Gasteiger partial charge in [-0.25, -0.2) is 0 Å². The molecule has 8 nitrogen and oxygen atoms in total. The molecule has 2 aromatic heterocycles. The van der Waals surface area contributed by atoms with Crippen LogP contribution in [0.1, 0.15) is 50.2 Å². The van der Waals surface area contributed by atoms with Crippen molar-refractivity contribution in [1.29, 1.82) is 0 Å². The zero-order valence-corrected chi connectivity index (χ0v) is 18.1. The predicted octanol–water partition coefficient (Wildman–Crippen LogP) is 3.51. The molecule has 0 spiro atoms. The van der Waals surface area contributed by atoms with Crippen LogP contribution in [0.15, 0.2) is 58.3 Å². The SMILES string of the molecule is CCN(CC)Cc1ccc(C(=O)NNC(=O)c2cccc(NC(=O)c3cccs3)c2)o1. The molecule has 3 N–H and O–H groups in total. The molecule has 0 aliphatic carbocycles. The zero-order chi connectivity index (χ0) is 22.2. The predicted molar refractivity (Wildman–Crippen MR) is 119 cm³/mol. The summed E-state index contributed by atoms with van der Waals surface area (Å²) >= 11 is 1.33. The summed E-state index contributed by atoms with van der Waals surface area (Å²) in [6.45, 7) is 6.47. The number of furan rings is 1. The second-order valence-corrected chi connectivity index (χ2v) is 7.60. The van der Waals surface area contributed by atoms with E-state index >= 15 is 0 Å². The van der Waals surface area contributed by atoms with Crippen molar-refractivity contribution in [2.75, 3.05) is 18.4 Å². The molecular weight excluding hydrogens is 416 g/mol. The molecule has 0 fully saturated rings. The summed E-state index contributed by atoms with van der Waals surface area (Å²) in [7, 11) is 0. The van der Waals surface area contributed by atoms with Gasteiger partial charge in [-0.2, -0.15) is 0 Å². The smallest absolute Gasteiger partial charge is 0.305 e. The van der Waals surface area contributed by atoms with Gasteiger partial charge in [-0.05, 0) is 54.9 Å². The number of benzene rings is 1. The molecule has 0 atom stereocenters. The van der Waals surface area contributed by atoms with Crippen LogP contribution in [0.25, 0.3) is 0 Å². The molecule has 0 saturated heterocycles. The second kappa shape index (κ2) is 10.6. The summed E-state index contributed by atoms with van der Waals surface area (Å²) in [4.78, 5) is 39.6. The van der Waals surface area contributed by atoms with E-state index in [9.17, 15) is 14.4 Å². The summed E-state index contributed by atoms with van der Waals surface area (Å²) in [5.41, 5.74) is 5.46. The summed E-state index contributed by atoms with van der Waals surface area (Å²) in [6, 6.07) is 13.3. The minimum Gasteiger partial charge on any atom is -0.454 e. The van der Waals surface area contributed by atoms with Gasteiger partial charge in [0.1, 0.15) is 5.76 Å². The number of hydrazine groups is 1. The summed E-state index contributed by atoms with van der Waals surface area (Å²) in [5, 5.41) is 4.56. The first-order valence-electron chi connectivity index (χ1n) is 9.86. The van der Waals surface area contributed by atoms with Crippen LogP contribution in [0.3, 0.4) is 0 Å². The molecular formula is C22H24N4O4S. The molecule has 2 heterocycles. The molecule has 3 aromatic rings. The Bertz CT molecular complexity index is 1040. The topological polar surface area (TPSA) is 104 Å². The van der Waals surface area contributed by atoms with Crippen molar-refractivity contribution in [3.05, 3.63) is 75.9 Å². The fraction of sp³-hybridized carbons (Fsp3) is 0.227. The molecule has 1 aromatic carbocycles. The minimum atomic E-state index is -0.554. The maximum absolute atomic E-state index is 12.4. The number of amides is 3. The third kappa shape index (κ3) is 6.03. The highest BCUT2D eigenvalue weighted by molar-refractivity contribution is 7.12. The van der Waals surface area contributed by atoms with E-state index in [1.165, 1.54) is 17.4 Å². The number of carbonyl (C=O) groups is 3. The van der Waals surface area contributed by atoms with Crippen LogP contribution in [0.2, 0.25) is 0 Å². The number of thiophene rings is 1. The van der Waals surface area contributed by atoms with Crippen LogP contribution in [0, 0.1) is 0 Å². The average Bonchev–Trinajstić information content (AvgIpc) is 3.48. The highest BCUT2D eigenvalue weighted by Crippen LogP contribution is 2.15. The maximum atomic E-state index is 12.4. The van der Waals surface area contributed by atoms with E-state index < -0.39 is 11.8 Å². The van der Waals surface area contributed by atoms with Gasteiger partial charge in [0.25, 0.3) is 11.8 Å². The van der Waals surface area contributed by atoms with Gasteiger partial charge >= 0.3 is 5.91 Å². The van der Waals surface area contributed by atoms with Gasteiger partial charge in [-0.1, -0.05) is 26.0 Å². The van der Waals surface area contributed by atoms with Gasteiger partial charge in [0, 0.05) is 11.3 Å². The van der Waals surface area contributed by atoms with Gasteiger partial charge in [-0.3, -0.25) is 30.1 Å². The quantitative estimate of drug-likeness (QED) is 0.465. The van der Waals surface area contributed by atoms with Gasteiger partial charge in [-0.15, -0.1) is 11.3 Å². The van der Waals surface area contributed by atoms with E-state index in [0.717, 1.165) is 13.1 Å². The third-order valence-electron chi connectivity index (χ3n) is 4.58. The Balaban J connectivity index is 1.55. The Morgan fingerprint density at radius 3 is 2.42 bits per heavy atom. The van der Waals surface area contributed by atoms with E-state index in [0.29, 0.717) is 22.9 Å². The van der Waals surface area contributed by atoms with Crippen LogP contribution in [0.4, 0.5) is 5.69 Å². The number of carbonyl (C=O) groups excluding carboxylic acids is 3. The number of hydrogen-bond acceptors (Lipinski definition) is 6. The Morgan fingerprint density at radius 2 is 1.71 bits per heavy atom. The van der Waals surface area contributed by atoms with Crippen molar-refractivity contribution in [3.63, 3.8) is 0 Å². The zero-order valence-electron chi connectivity index (χ0n) is 17.3. The number of nitrogens with one attached hydrogen (secondary N) is 3. The molecule has 3 rings (SSSR count). The normalized spacial score (nSPS) is 10.7. The van der Waals surface area contributed by atoms with Gasteiger partial charge in [0.05, 0.1) is 11.4 Å². The Morgan fingerprint density at radius 1 is 0.935 bits per heavy atom. The van der Waals surface area contributed by atoms with Crippen molar-refractivity contribution in [1.82, 2.24) is 15.8 Å². The van der Waals surface area contributed by atoms with Crippen LogP contribution >= 0.6 is 11.3 Å². The lowest BCUT2D eigenvalue weighted by molar-refractivity contribution is 0.0829. The monoisotopic (exact) mass is 440 g/mol.